The number of amides is 2. The second-order valence-corrected chi connectivity index (χ2v) is 4.95. The second kappa shape index (κ2) is 8.46. The van der Waals surface area contributed by atoms with Gasteiger partial charge in [0.15, 0.2) is 0 Å². The Morgan fingerprint density at radius 1 is 1.43 bits per heavy atom. The van der Waals surface area contributed by atoms with Crippen molar-refractivity contribution in [3.05, 3.63) is 24.0 Å². The van der Waals surface area contributed by atoms with Gasteiger partial charge in [-0.2, -0.15) is 0 Å². The average Bonchev–Trinajstić information content (AvgIpc) is 2.41. The van der Waals surface area contributed by atoms with Gasteiger partial charge in [0.05, 0.1) is 18.4 Å². The maximum atomic E-state index is 13.4. The van der Waals surface area contributed by atoms with Crippen LogP contribution in [0.5, 0.6) is 5.75 Å². The van der Waals surface area contributed by atoms with Gasteiger partial charge in [0.1, 0.15) is 11.6 Å². The molecule has 1 aromatic rings. The first-order valence-electron chi connectivity index (χ1n) is 7.11. The van der Waals surface area contributed by atoms with Crippen molar-refractivity contribution in [3.8, 4) is 5.75 Å². The minimum Gasteiger partial charge on any atom is -0.489 e. The molecule has 0 atom stereocenters. The van der Waals surface area contributed by atoms with Crippen molar-refractivity contribution in [1.29, 1.82) is 0 Å². The molecule has 0 heterocycles. The van der Waals surface area contributed by atoms with Crippen LogP contribution in [0.25, 0.3) is 0 Å². The summed E-state index contributed by atoms with van der Waals surface area (Å²) in [6.07, 6.45) is 0.682. The number of nitrogens with zero attached hydrogens (tertiary/aromatic N) is 1. The monoisotopic (exact) mass is 298 g/mol. The second-order valence-electron chi connectivity index (χ2n) is 4.95. The molecule has 0 aliphatic rings. The molecular formula is C15H23FN2O3. The molecule has 0 spiro atoms. The highest BCUT2D eigenvalue weighted by Gasteiger charge is 2.15. The Kier molecular flexibility index (Phi) is 6.94. The van der Waals surface area contributed by atoms with E-state index in [-0.39, 0.29) is 31.0 Å². The minimum absolute atomic E-state index is 0.0877. The topological polar surface area (TPSA) is 61.8 Å². The number of aliphatic hydroxyl groups is 1. The van der Waals surface area contributed by atoms with Crippen molar-refractivity contribution in [3.63, 3.8) is 0 Å². The standard InChI is InChI=1S/C15H23FN2O3/c1-4-7-18(8-9-19)15(20)17-13-10-12(16)5-6-14(13)21-11(2)3/h5-6,10-11,19H,4,7-9H2,1-3H3,(H,17,20). The van der Waals surface area contributed by atoms with Crippen molar-refractivity contribution in [2.45, 2.75) is 33.3 Å². The number of hydrogen-bond acceptors (Lipinski definition) is 3. The van der Waals surface area contributed by atoms with Crippen LogP contribution in [0.1, 0.15) is 27.2 Å². The lowest BCUT2D eigenvalue weighted by Crippen LogP contribution is -2.37. The molecule has 6 heteroatoms. The fraction of sp³-hybridized carbons (Fsp3) is 0.533. The van der Waals surface area contributed by atoms with E-state index in [1.807, 2.05) is 20.8 Å². The highest BCUT2D eigenvalue weighted by molar-refractivity contribution is 5.91. The van der Waals surface area contributed by atoms with Crippen LogP contribution in [0.3, 0.4) is 0 Å². The summed E-state index contributed by atoms with van der Waals surface area (Å²) in [5, 5.41) is 11.6. The zero-order valence-corrected chi connectivity index (χ0v) is 12.7. The molecule has 0 saturated heterocycles. The summed E-state index contributed by atoms with van der Waals surface area (Å²) in [5.74, 6) is -0.0363. The molecule has 1 aromatic carbocycles. The van der Waals surface area contributed by atoms with Crippen LogP contribution in [0.2, 0.25) is 0 Å². The number of carbonyl (C=O) groups excluding carboxylic acids is 1. The fourth-order valence-electron chi connectivity index (χ4n) is 1.86. The molecule has 0 aliphatic heterocycles. The zero-order valence-electron chi connectivity index (χ0n) is 12.7. The molecule has 2 amide bonds. The Hall–Kier alpha value is -1.82. The van der Waals surface area contributed by atoms with Gasteiger partial charge >= 0.3 is 6.03 Å². The molecule has 5 nitrogen and oxygen atoms in total. The number of carbonyl (C=O) groups is 1. The van der Waals surface area contributed by atoms with E-state index in [0.29, 0.717) is 12.3 Å². The lowest BCUT2D eigenvalue weighted by Gasteiger charge is -2.22. The van der Waals surface area contributed by atoms with Gasteiger partial charge in [-0.1, -0.05) is 6.92 Å². The van der Waals surface area contributed by atoms with E-state index < -0.39 is 5.82 Å². The number of aliphatic hydroxyl groups excluding tert-OH is 1. The molecule has 1 rings (SSSR count). The number of ether oxygens (including phenoxy) is 1. The number of hydrogen-bond donors (Lipinski definition) is 2. The van der Waals surface area contributed by atoms with Crippen molar-refractivity contribution in [2.24, 2.45) is 0 Å². The summed E-state index contributed by atoms with van der Waals surface area (Å²) in [6.45, 7) is 6.27. The van der Waals surface area contributed by atoms with Crippen LogP contribution in [0, 0.1) is 5.82 Å². The van der Waals surface area contributed by atoms with Gasteiger partial charge < -0.3 is 20.1 Å². The van der Waals surface area contributed by atoms with Gasteiger partial charge in [0, 0.05) is 19.2 Å². The maximum absolute atomic E-state index is 13.4. The van der Waals surface area contributed by atoms with E-state index in [1.165, 1.54) is 23.1 Å². The van der Waals surface area contributed by atoms with Crippen LogP contribution in [0.15, 0.2) is 18.2 Å². The van der Waals surface area contributed by atoms with Crippen LogP contribution in [-0.2, 0) is 0 Å². The van der Waals surface area contributed by atoms with Crippen LogP contribution < -0.4 is 10.1 Å². The quantitative estimate of drug-likeness (QED) is 0.813. The third-order valence-electron chi connectivity index (χ3n) is 2.70. The molecule has 0 unspecified atom stereocenters. The van der Waals surface area contributed by atoms with Crippen LogP contribution in [-0.4, -0.2) is 41.8 Å². The minimum atomic E-state index is -0.453. The van der Waals surface area contributed by atoms with E-state index in [9.17, 15) is 9.18 Å². The number of rotatable bonds is 7. The van der Waals surface area contributed by atoms with E-state index in [4.69, 9.17) is 9.84 Å². The molecule has 0 aromatic heterocycles. The van der Waals surface area contributed by atoms with Gasteiger partial charge in [-0.3, -0.25) is 0 Å². The van der Waals surface area contributed by atoms with E-state index in [1.54, 1.807) is 0 Å². The zero-order chi connectivity index (χ0) is 15.8. The largest absolute Gasteiger partial charge is 0.489 e. The molecular weight excluding hydrogens is 275 g/mol. The molecule has 0 aliphatic carbocycles. The number of benzene rings is 1. The van der Waals surface area contributed by atoms with Crippen molar-refractivity contribution < 1.29 is 19.0 Å². The summed E-state index contributed by atoms with van der Waals surface area (Å²) < 4.78 is 18.9. The Labute approximate surface area is 124 Å². The molecule has 21 heavy (non-hydrogen) atoms. The predicted octanol–water partition coefficient (Wildman–Crippen LogP) is 2.85. The van der Waals surface area contributed by atoms with E-state index in [2.05, 4.69) is 5.32 Å². The molecule has 2 N–H and O–H groups in total. The first-order valence-corrected chi connectivity index (χ1v) is 7.11. The first-order chi connectivity index (χ1) is 9.97. The van der Waals surface area contributed by atoms with Gasteiger partial charge in [-0.15, -0.1) is 0 Å². The van der Waals surface area contributed by atoms with Crippen molar-refractivity contribution in [1.82, 2.24) is 4.90 Å². The van der Waals surface area contributed by atoms with Crippen LogP contribution >= 0.6 is 0 Å². The summed E-state index contributed by atoms with van der Waals surface area (Å²) in [5.41, 5.74) is 0.285. The Morgan fingerprint density at radius 3 is 2.71 bits per heavy atom. The lowest BCUT2D eigenvalue weighted by molar-refractivity contribution is 0.188. The molecule has 118 valence electrons. The summed E-state index contributed by atoms with van der Waals surface area (Å²) in [6, 6.07) is 3.61. The molecule has 0 fully saturated rings. The SMILES string of the molecule is CCCN(CCO)C(=O)Nc1cc(F)ccc1OC(C)C. The highest BCUT2D eigenvalue weighted by atomic mass is 19.1. The summed E-state index contributed by atoms with van der Waals surface area (Å²) in [4.78, 5) is 13.6. The Morgan fingerprint density at radius 2 is 2.14 bits per heavy atom. The van der Waals surface area contributed by atoms with Crippen LogP contribution in [0.4, 0.5) is 14.9 Å². The Bertz CT molecular complexity index is 460. The molecule has 0 radical (unpaired) electrons. The highest BCUT2D eigenvalue weighted by Crippen LogP contribution is 2.26. The van der Waals surface area contributed by atoms with E-state index in [0.717, 1.165) is 6.42 Å². The van der Waals surface area contributed by atoms with Gasteiger partial charge in [-0.05, 0) is 32.4 Å². The normalized spacial score (nSPS) is 10.6. The fourth-order valence-corrected chi connectivity index (χ4v) is 1.86. The van der Waals surface area contributed by atoms with Crippen molar-refractivity contribution >= 4 is 11.7 Å². The molecule has 0 saturated carbocycles. The third-order valence-corrected chi connectivity index (χ3v) is 2.70. The predicted molar refractivity (Wildman–Crippen MR) is 80.1 cm³/mol. The summed E-state index contributed by atoms with van der Waals surface area (Å²) >= 11 is 0. The van der Waals surface area contributed by atoms with E-state index >= 15 is 0 Å². The average molecular weight is 298 g/mol. The number of anilines is 1. The lowest BCUT2D eigenvalue weighted by atomic mass is 10.2. The smallest absolute Gasteiger partial charge is 0.322 e. The van der Waals surface area contributed by atoms with Gasteiger partial charge in [0.25, 0.3) is 0 Å². The van der Waals surface area contributed by atoms with Crippen molar-refractivity contribution in [2.75, 3.05) is 25.0 Å². The summed E-state index contributed by atoms with van der Waals surface area (Å²) in [7, 11) is 0. The third kappa shape index (κ3) is 5.59. The first kappa shape index (κ1) is 17.2. The van der Waals surface area contributed by atoms with Gasteiger partial charge in [0.2, 0.25) is 0 Å². The molecule has 0 bridgehead atoms. The number of halogens is 1. The number of urea groups is 1. The van der Waals surface area contributed by atoms with Gasteiger partial charge in [-0.25, -0.2) is 9.18 Å². The maximum Gasteiger partial charge on any atom is 0.322 e. The number of nitrogens with one attached hydrogen (secondary N) is 1. The Balaban J connectivity index is 2.88.